The van der Waals surface area contributed by atoms with Crippen LogP contribution in [0, 0.1) is 11.6 Å². The van der Waals surface area contributed by atoms with Crippen molar-refractivity contribution in [3.05, 3.63) is 83.3 Å². The van der Waals surface area contributed by atoms with E-state index in [1.54, 1.807) is 30.3 Å². The highest BCUT2D eigenvalue weighted by atomic mass is 31.2. The average Bonchev–Trinajstić information content (AvgIpc) is 2.78. The van der Waals surface area contributed by atoms with Crippen LogP contribution in [0.2, 0.25) is 0 Å². The molecule has 6 nitrogen and oxygen atoms in total. The van der Waals surface area contributed by atoms with Crippen molar-refractivity contribution in [2.24, 2.45) is 0 Å². The third-order valence-electron chi connectivity index (χ3n) is 5.16. The van der Waals surface area contributed by atoms with Gasteiger partial charge >= 0.3 is 5.97 Å². The molecule has 0 aliphatic heterocycles. The van der Waals surface area contributed by atoms with E-state index in [1.807, 2.05) is 13.8 Å². The second-order valence-electron chi connectivity index (χ2n) is 8.31. The molecule has 1 atom stereocenters. The van der Waals surface area contributed by atoms with Crippen molar-refractivity contribution in [3.8, 4) is 22.4 Å². The van der Waals surface area contributed by atoms with Gasteiger partial charge in [-0.25, -0.2) is 13.8 Å². The maximum Gasteiger partial charge on any atom is 0.310 e. The number of Topliss-reactive ketones (excluding diaryl/α,β-unsaturated/α-hetero) is 1. The molecule has 3 rings (SSSR count). The molecule has 0 aliphatic rings. The fraction of sp³-hybridized carbons (Fsp3) is 0.192. The number of carbonyl (C=O) groups is 2. The first kappa shape index (κ1) is 26.1. The van der Waals surface area contributed by atoms with Crippen LogP contribution in [0.15, 0.2) is 60.4 Å². The van der Waals surface area contributed by atoms with E-state index in [0.29, 0.717) is 16.8 Å². The van der Waals surface area contributed by atoms with Gasteiger partial charge < -0.3 is 10.00 Å². The molecule has 3 aromatic rings. The lowest BCUT2D eigenvalue weighted by atomic mass is 9.92. The van der Waals surface area contributed by atoms with Crippen molar-refractivity contribution in [1.82, 2.24) is 4.98 Å². The molecular formula is C26H24F2NO5P. The SMILES string of the molecule is CC(C)c1nc(-c2ccccc2)c(F)c(-c2ccc(F)cc2)c1C=CP(=O)(O)CC(=O)CC(=O)O. The molecule has 0 bridgehead atoms. The summed E-state index contributed by atoms with van der Waals surface area (Å²) in [6.07, 6.45) is -0.511. The first-order chi connectivity index (χ1) is 16.5. The number of rotatable bonds is 9. The molecule has 2 aromatic carbocycles. The van der Waals surface area contributed by atoms with E-state index in [2.05, 4.69) is 4.98 Å². The van der Waals surface area contributed by atoms with E-state index in [4.69, 9.17) is 5.11 Å². The average molecular weight is 499 g/mol. The number of pyridine rings is 1. The van der Waals surface area contributed by atoms with Gasteiger partial charge in [0.25, 0.3) is 0 Å². The zero-order valence-corrected chi connectivity index (χ0v) is 20.0. The maximum atomic E-state index is 16.0. The number of benzene rings is 2. The van der Waals surface area contributed by atoms with Crippen LogP contribution in [0.1, 0.15) is 37.4 Å². The molecule has 0 saturated carbocycles. The summed E-state index contributed by atoms with van der Waals surface area (Å²) in [7, 11) is -4.23. The first-order valence-corrected chi connectivity index (χ1v) is 12.7. The van der Waals surface area contributed by atoms with E-state index in [9.17, 15) is 23.4 Å². The molecular weight excluding hydrogens is 475 g/mol. The number of ketones is 1. The number of carboxylic acids is 1. The highest BCUT2D eigenvalue weighted by molar-refractivity contribution is 7.62. The quantitative estimate of drug-likeness (QED) is 0.272. The van der Waals surface area contributed by atoms with Crippen molar-refractivity contribution in [1.29, 1.82) is 0 Å². The lowest BCUT2D eigenvalue weighted by Gasteiger charge is -2.19. The number of hydrogen-bond acceptors (Lipinski definition) is 4. The molecule has 1 heterocycles. The van der Waals surface area contributed by atoms with Crippen molar-refractivity contribution >= 4 is 25.2 Å². The van der Waals surface area contributed by atoms with Crippen molar-refractivity contribution in [2.45, 2.75) is 26.2 Å². The van der Waals surface area contributed by atoms with E-state index in [0.717, 1.165) is 5.82 Å². The molecule has 35 heavy (non-hydrogen) atoms. The number of aliphatic carboxylic acids is 1. The molecule has 9 heteroatoms. The number of nitrogens with zero attached hydrogens (tertiary/aromatic N) is 1. The smallest absolute Gasteiger partial charge is 0.310 e. The summed E-state index contributed by atoms with van der Waals surface area (Å²) in [5, 5.41) is 8.73. The van der Waals surface area contributed by atoms with Crippen LogP contribution in [0.4, 0.5) is 8.78 Å². The Morgan fingerprint density at radius 3 is 2.23 bits per heavy atom. The third kappa shape index (κ3) is 6.56. The van der Waals surface area contributed by atoms with Crippen LogP contribution in [0.5, 0.6) is 0 Å². The lowest BCUT2D eigenvalue weighted by molar-refractivity contribution is -0.139. The van der Waals surface area contributed by atoms with Gasteiger partial charge in [0.15, 0.2) is 11.6 Å². The molecule has 0 amide bonds. The molecule has 0 fully saturated rings. The van der Waals surface area contributed by atoms with Gasteiger partial charge in [0.1, 0.15) is 17.9 Å². The second-order valence-corrected chi connectivity index (χ2v) is 10.4. The van der Waals surface area contributed by atoms with Crippen molar-refractivity contribution in [2.75, 3.05) is 6.16 Å². The fourth-order valence-electron chi connectivity index (χ4n) is 3.61. The van der Waals surface area contributed by atoms with E-state index >= 15 is 4.39 Å². The van der Waals surface area contributed by atoms with Gasteiger partial charge in [-0.05, 0) is 29.7 Å². The zero-order chi connectivity index (χ0) is 25.8. The Morgan fingerprint density at radius 2 is 1.66 bits per heavy atom. The van der Waals surface area contributed by atoms with Gasteiger partial charge in [-0.15, -0.1) is 0 Å². The summed E-state index contributed by atoms with van der Waals surface area (Å²) >= 11 is 0. The topological polar surface area (TPSA) is 105 Å². The Morgan fingerprint density at radius 1 is 1.03 bits per heavy atom. The van der Waals surface area contributed by atoms with Gasteiger partial charge in [-0.2, -0.15) is 0 Å². The predicted octanol–water partition coefficient (Wildman–Crippen LogP) is 6.10. The highest BCUT2D eigenvalue weighted by Gasteiger charge is 2.25. The summed E-state index contributed by atoms with van der Waals surface area (Å²) in [6, 6.07) is 13.8. The number of carbonyl (C=O) groups excluding carboxylic acids is 1. The van der Waals surface area contributed by atoms with Gasteiger partial charge in [0, 0.05) is 22.5 Å². The molecule has 0 saturated heterocycles. The van der Waals surface area contributed by atoms with E-state index < -0.39 is 43.3 Å². The Labute approximate surface area is 201 Å². The minimum absolute atomic E-state index is 0.0654. The normalized spacial score (nSPS) is 13.2. The summed E-state index contributed by atoms with van der Waals surface area (Å²) in [4.78, 5) is 37.3. The standard InChI is InChI=1S/C26H24F2NO5P/c1-16(2)25-21(12-13-35(33,34)15-20(30)14-22(31)32)23(17-8-10-19(27)11-9-17)24(28)26(29-25)18-6-4-3-5-7-18/h3-13,16H,14-15H2,1-2H3,(H,31,32)(H,33,34). The number of halogens is 2. The maximum absolute atomic E-state index is 16.0. The molecule has 1 aromatic heterocycles. The molecule has 0 aliphatic carbocycles. The van der Waals surface area contributed by atoms with Crippen LogP contribution in [0.25, 0.3) is 28.5 Å². The van der Waals surface area contributed by atoms with Gasteiger partial charge in [-0.3, -0.25) is 14.2 Å². The Hall–Kier alpha value is -3.48. The molecule has 2 N–H and O–H groups in total. The summed E-state index contributed by atoms with van der Waals surface area (Å²) in [5.41, 5.74) is 1.64. The van der Waals surface area contributed by atoms with Crippen LogP contribution >= 0.6 is 7.37 Å². The molecule has 1 unspecified atom stereocenters. The largest absolute Gasteiger partial charge is 0.481 e. The predicted molar refractivity (Wildman–Crippen MR) is 130 cm³/mol. The lowest BCUT2D eigenvalue weighted by Crippen LogP contribution is -2.10. The number of hydrogen-bond donors (Lipinski definition) is 2. The number of aromatic nitrogens is 1. The summed E-state index contributed by atoms with van der Waals surface area (Å²) < 4.78 is 42.2. The van der Waals surface area contributed by atoms with E-state index in [1.165, 1.54) is 30.3 Å². The Kier molecular flexibility index (Phi) is 8.10. The van der Waals surface area contributed by atoms with E-state index in [-0.39, 0.29) is 22.7 Å². The Balaban J connectivity index is 2.22. The van der Waals surface area contributed by atoms with Crippen LogP contribution in [0.3, 0.4) is 0 Å². The summed E-state index contributed by atoms with van der Waals surface area (Å²) in [6.45, 7) is 3.66. The Bertz CT molecular complexity index is 1320. The number of carboxylic acid groups (broad SMARTS) is 1. The summed E-state index contributed by atoms with van der Waals surface area (Å²) in [5.74, 6) is -2.85. The molecule has 182 valence electrons. The highest BCUT2D eigenvalue weighted by Crippen LogP contribution is 2.45. The van der Waals surface area contributed by atoms with Crippen molar-refractivity contribution < 1.29 is 32.9 Å². The van der Waals surface area contributed by atoms with Crippen LogP contribution in [-0.4, -0.2) is 32.9 Å². The zero-order valence-electron chi connectivity index (χ0n) is 19.1. The van der Waals surface area contributed by atoms with Crippen molar-refractivity contribution in [3.63, 3.8) is 0 Å². The minimum Gasteiger partial charge on any atom is -0.481 e. The molecule has 0 radical (unpaired) electrons. The fourth-order valence-corrected chi connectivity index (χ4v) is 4.71. The second kappa shape index (κ2) is 10.8. The van der Waals surface area contributed by atoms with Crippen LogP contribution in [-0.2, 0) is 14.2 Å². The molecule has 0 spiro atoms. The monoisotopic (exact) mass is 499 g/mol. The third-order valence-corrected chi connectivity index (χ3v) is 6.58. The van der Waals surface area contributed by atoms with Gasteiger partial charge in [0.2, 0.25) is 7.37 Å². The van der Waals surface area contributed by atoms with Gasteiger partial charge in [0.05, 0.1) is 11.9 Å². The minimum atomic E-state index is -4.23. The van der Waals surface area contributed by atoms with Crippen LogP contribution < -0.4 is 0 Å². The van der Waals surface area contributed by atoms with Gasteiger partial charge in [-0.1, -0.05) is 56.3 Å². The first-order valence-electron chi connectivity index (χ1n) is 10.8.